The molecule has 0 saturated carbocycles. The summed E-state index contributed by atoms with van der Waals surface area (Å²) >= 11 is 6.33. The predicted octanol–water partition coefficient (Wildman–Crippen LogP) is 2.34. The standard InChI is InChI=1S/C18H18ClN3O3/c19-14-9-12(1-2-16(14)25-13-3-5-20-6-4-13)18(23)22-7-8-24-17-11-21-10-15(17)22/h1-6,9,15,17,21H,7-8,10-11H2/t15-,17+/m1/s1. The molecule has 1 aromatic heterocycles. The van der Waals surface area contributed by atoms with E-state index in [1.807, 2.05) is 4.90 Å². The fraction of sp³-hybridized carbons (Fsp3) is 0.333. The van der Waals surface area contributed by atoms with Gasteiger partial charge in [-0.15, -0.1) is 0 Å². The highest BCUT2D eigenvalue weighted by molar-refractivity contribution is 6.32. The third kappa shape index (κ3) is 3.33. The summed E-state index contributed by atoms with van der Waals surface area (Å²) in [5.41, 5.74) is 0.555. The Morgan fingerprint density at radius 2 is 2.12 bits per heavy atom. The van der Waals surface area contributed by atoms with Crippen molar-refractivity contribution in [3.8, 4) is 11.5 Å². The molecule has 1 N–H and O–H groups in total. The fourth-order valence-corrected chi connectivity index (χ4v) is 3.48. The maximum absolute atomic E-state index is 12.9. The number of ether oxygens (including phenoxy) is 2. The largest absolute Gasteiger partial charge is 0.456 e. The molecule has 0 aliphatic carbocycles. The summed E-state index contributed by atoms with van der Waals surface area (Å²) in [4.78, 5) is 18.7. The number of nitrogens with zero attached hydrogens (tertiary/aromatic N) is 2. The Bertz CT molecular complexity index is 771. The molecule has 25 heavy (non-hydrogen) atoms. The van der Waals surface area contributed by atoms with Crippen LogP contribution < -0.4 is 10.1 Å². The number of carbonyl (C=O) groups excluding carboxylic acids is 1. The van der Waals surface area contributed by atoms with Crippen LogP contribution in [0.5, 0.6) is 11.5 Å². The van der Waals surface area contributed by atoms with Crippen molar-refractivity contribution in [1.82, 2.24) is 15.2 Å². The van der Waals surface area contributed by atoms with Gasteiger partial charge in [0.25, 0.3) is 5.91 Å². The molecule has 130 valence electrons. The number of aromatic nitrogens is 1. The second kappa shape index (κ2) is 7.00. The summed E-state index contributed by atoms with van der Waals surface area (Å²) in [6.45, 7) is 2.70. The SMILES string of the molecule is O=C(c1ccc(Oc2ccncc2)c(Cl)c1)N1CCO[C@H]2CNC[C@H]21. The van der Waals surface area contributed by atoms with Crippen molar-refractivity contribution in [3.05, 3.63) is 53.3 Å². The van der Waals surface area contributed by atoms with E-state index < -0.39 is 0 Å². The minimum Gasteiger partial charge on any atom is -0.456 e. The lowest BCUT2D eigenvalue weighted by atomic mass is 10.1. The maximum atomic E-state index is 12.9. The first-order valence-electron chi connectivity index (χ1n) is 8.23. The first-order chi connectivity index (χ1) is 12.2. The van der Waals surface area contributed by atoms with Gasteiger partial charge < -0.3 is 19.7 Å². The highest BCUT2D eigenvalue weighted by atomic mass is 35.5. The quantitative estimate of drug-likeness (QED) is 0.911. The number of pyridine rings is 1. The van der Waals surface area contributed by atoms with Crippen LogP contribution in [0.25, 0.3) is 0 Å². The van der Waals surface area contributed by atoms with Gasteiger partial charge in [-0.1, -0.05) is 11.6 Å². The van der Waals surface area contributed by atoms with Crippen LogP contribution in [0.3, 0.4) is 0 Å². The Morgan fingerprint density at radius 3 is 2.92 bits per heavy atom. The van der Waals surface area contributed by atoms with Crippen molar-refractivity contribution in [2.45, 2.75) is 12.1 Å². The van der Waals surface area contributed by atoms with Gasteiger partial charge in [0.1, 0.15) is 11.5 Å². The highest BCUT2D eigenvalue weighted by Gasteiger charge is 2.38. The smallest absolute Gasteiger partial charge is 0.254 e. The molecular weight excluding hydrogens is 342 g/mol. The predicted molar refractivity (Wildman–Crippen MR) is 93.2 cm³/mol. The van der Waals surface area contributed by atoms with Crippen LogP contribution in [0, 0.1) is 0 Å². The number of nitrogens with one attached hydrogen (secondary N) is 1. The number of fused-ring (bicyclic) bond motifs is 1. The number of rotatable bonds is 3. The van der Waals surface area contributed by atoms with E-state index in [9.17, 15) is 4.79 Å². The highest BCUT2D eigenvalue weighted by Crippen LogP contribution is 2.31. The summed E-state index contributed by atoms with van der Waals surface area (Å²) in [7, 11) is 0. The van der Waals surface area contributed by atoms with Crippen LogP contribution in [-0.4, -0.2) is 54.2 Å². The zero-order valence-electron chi connectivity index (χ0n) is 13.5. The van der Waals surface area contributed by atoms with Crippen molar-refractivity contribution in [1.29, 1.82) is 0 Å². The minimum atomic E-state index is -0.0284. The molecule has 1 aromatic carbocycles. The first-order valence-corrected chi connectivity index (χ1v) is 8.61. The summed E-state index contributed by atoms with van der Waals surface area (Å²) < 4.78 is 11.5. The molecule has 2 fully saturated rings. The Labute approximate surface area is 150 Å². The molecule has 4 rings (SSSR count). The number of hydrogen-bond donors (Lipinski definition) is 1. The second-order valence-corrected chi connectivity index (χ2v) is 6.47. The van der Waals surface area contributed by atoms with Gasteiger partial charge in [0.2, 0.25) is 0 Å². The maximum Gasteiger partial charge on any atom is 0.254 e. The van der Waals surface area contributed by atoms with Gasteiger partial charge in [0, 0.05) is 37.6 Å². The van der Waals surface area contributed by atoms with Crippen LogP contribution in [-0.2, 0) is 4.74 Å². The lowest BCUT2D eigenvalue weighted by Crippen LogP contribution is -2.53. The lowest BCUT2D eigenvalue weighted by Gasteiger charge is -2.37. The number of carbonyl (C=O) groups is 1. The van der Waals surface area contributed by atoms with Crippen LogP contribution in [0.1, 0.15) is 10.4 Å². The van der Waals surface area contributed by atoms with E-state index in [2.05, 4.69) is 10.3 Å². The number of hydrogen-bond acceptors (Lipinski definition) is 5. The molecule has 0 radical (unpaired) electrons. The van der Waals surface area contributed by atoms with Crippen molar-refractivity contribution < 1.29 is 14.3 Å². The average molecular weight is 360 g/mol. The number of benzene rings is 1. The number of morpholine rings is 1. The Hall–Kier alpha value is -2.15. The third-order valence-electron chi connectivity index (χ3n) is 4.51. The van der Waals surface area contributed by atoms with E-state index in [0.29, 0.717) is 35.2 Å². The monoisotopic (exact) mass is 359 g/mol. The topological polar surface area (TPSA) is 63.7 Å². The molecule has 6 nitrogen and oxygen atoms in total. The third-order valence-corrected chi connectivity index (χ3v) is 4.81. The molecule has 0 bridgehead atoms. The molecule has 2 aromatic rings. The molecule has 3 heterocycles. The van der Waals surface area contributed by atoms with Crippen molar-refractivity contribution in [3.63, 3.8) is 0 Å². The van der Waals surface area contributed by atoms with E-state index in [4.69, 9.17) is 21.1 Å². The molecule has 0 unspecified atom stereocenters. The van der Waals surface area contributed by atoms with E-state index >= 15 is 0 Å². The Morgan fingerprint density at radius 1 is 1.28 bits per heavy atom. The zero-order chi connectivity index (χ0) is 17.2. The van der Waals surface area contributed by atoms with Gasteiger partial charge in [-0.05, 0) is 30.3 Å². The molecule has 2 aliphatic heterocycles. The molecule has 2 atom stereocenters. The van der Waals surface area contributed by atoms with Crippen LogP contribution in [0.2, 0.25) is 5.02 Å². The van der Waals surface area contributed by atoms with E-state index in [-0.39, 0.29) is 18.1 Å². The molecule has 1 amide bonds. The summed E-state index contributed by atoms with van der Waals surface area (Å²) in [5, 5.41) is 3.68. The number of halogens is 1. The number of amides is 1. The average Bonchev–Trinajstić information content (AvgIpc) is 3.12. The van der Waals surface area contributed by atoms with Gasteiger partial charge in [-0.2, -0.15) is 0 Å². The van der Waals surface area contributed by atoms with E-state index in [1.165, 1.54) is 0 Å². The molecule has 7 heteroatoms. The first kappa shape index (κ1) is 16.3. The van der Waals surface area contributed by atoms with Gasteiger partial charge in [0.05, 0.1) is 23.8 Å². The molecular formula is C18H18ClN3O3. The van der Waals surface area contributed by atoms with Gasteiger partial charge in [0.15, 0.2) is 0 Å². The second-order valence-electron chi connectivity index (χ2n) is 6.06. The van der Waals surface area contributed by atoms with Crippen molar-refractivity contribution >= 4 is 17.5 Å². The van der Waals surface area contributed by atoms with Crippen molar-refractivity contribution in [2.24, 2.45) is 0 Å². The zero-order valence-corrected chi connectivity index (χ0v) is 14.3. The Kier molecular flexibility index (Phi) is 4.57. The van der Waals surface area contributed by atoms with E-state index in [1.54, 1.807) is 42.7 Å². The summed E-state index contributed by atoms with van der Waals surface area (Å²) in [5.74, 6) is 1.12. The van der Waals surface area contributed by atoms with Gasteiger partial charge >= 0.3 is 0 Å². The fourth-order valence-electron chi connectivity index (χ4n) is 3.26. The van der Waals surface area contributed by atoms with E-state index in [0.717, 1.165) is 13.1 Å². The lowest BCUT2D eigenvalue weighted by molar-refractivity contribution is -0.0364. The van der Waals surface area contributed by atoms with Gasteiger partial charge in [-0.3, -0.25) is 9.78 Å². The summed E-state index contributed by atoms with van der Waals surface area (Å²) in [6, 6.07) is 8.70. The van der Waals surface area contributed by atoms with Crippen LogP contribution in [0.4, 0.5) is 0 Å². The Balaban J connectivity index is 1.52. The molecule has 2 saturated heterocycles. The molecule has 0 spiro atoms. The minimum absolute atomic E-state index is 0.0284. The van der Waals surface area contributed by atoms with Gasteiger partial charge in [-0.25, -0.2) is 0 Å². The van der Waals surface area contributed by atoms with Crippen molar-refractivity contribution in [2.75, 3.05) is 26.2 Å². The normalized spacial score (nSPS) is 22.5. The molecule has 2 aliphatic rings. The van der Waals surface area contributed by atoms with Crippen LogP contribution >= 0.6 is 11.6 Å². The summed E-state index contributed by atoms with van der Waals surface area (Å²) in [6.07, 6.45) is 3.36. The van der Waals surface area contributed by atoms with Crippen LogP contribution in [0.15, 0.2) is 42.7 Å².